The summed E-state index contributed by atoms with van der Waals surface area (Å²) >= 11 is 0. The first-order chi connectivity index (χ1) is 8.58. The zero-order chi connectivity index (χ0) is 13.5. The highest BCUT2D eigenvalue weighted by Crippen LogP contribution is 2.46. The van der Waals surface area contributed by atoms with Crippen LogP contribution in [0.3, 0.4) is 0 Å². The minimum absolute atomic E-state index is 0.403. The van der Waals surface area contributed by atoms with Crippen molar-refractivity contribution in [1.29, 1.82) is 0 Å². The van der Waals surface area contributed by atoms with E-state index in [1.807, 2.05) is 0 Å². The van der Waals surface area contributed by atoms with Crippen LogP contribution in [0.25, 0.3) is 0 Å². The van der Waals surface area contributed by atoms with Gasteiger partial charge in [-0.3, -0.25) is 0 Å². The van der Waals surface area contributed by atoms with Crippen molar-refractivity contribution in [2.45, 2.75) is 82.7 Å². The van der Waals surface area contributed by atoms with Gasteiger partial charge in [-0.05, 0) is 6.42 Å². The monoisotopic (exact) mass is 260 g/mol. The lowest BCUT2D eigenvalue weighted by molar-refractivity contribution is -0.0245. The number of ether oxygens (including phenoxy) is 1. The van der Waals surface area contributed by atoms with Gasteiger partial charge in [0.15, 0.2) is 0 Å². The Morgan fingerprint density at radius 1 is 0.778 bits per heavy atom. The highest BCUT2D eigenvalue weighted by atomic mass is 16.8. The molecule has 1 saturated heterocycles. The van der Waals surface area contributed by atoms with Crippen molar-refractivity contribution in [2.75, 3.05) is 6.61 Å². The van der Waals surface area contributed by atoms with Gasteiger partial charge in [-0.15, -0.1) is 0 Å². The summed E-state index contributed by atoms with van der Waals surface area (Å²) < 4.78 is 4.77. The molecule has 0 aromatic carbocycles. The number of hydrogen-bond acceptors (Lipinski definition) is 4. The van der Waals surface area contributed by atoms with Gasteiger partial charge in [0.25, 0.3) is 0 Å². The zero-order valence-electron chi connectivity index (χ0n) is 11.5. The van der Waals surface area contributed by atoms with Gasteiger partial charge in [0.2, 0.25) is 11.6 Å². The average Bonchev–Trinajstić information content (AvgIpc) is 2.91. The fourth-order valence-electron chi connectivity index (χ4n) is 2.33. The van der Waals surface area contributed by atoms with Crippen LogP contribution < -0.4 is 0 Å². The molecule has 2 atom stereocenters. The second-order valence-corrected chi connectivity index (χ2v) is 5.41. The van der Waals surface area contributed by atoms with Crippen molar-refractivity contribution in [1.82, 2.24) is 0 Å². The summed E-state index contributed by atoms with van der Waals surface area (Å²) in [6, 6.07) is 0. The molecule has 0 amide bonds. The van der Waals surface area contributed by atoms with Gasteiger partial charge in [0, 0.05) is 6.42 Å². The maximum absolute atomic E-state index is 9.72. The molecule has 0 aromatic heterocycles. The van der Waals surface area contributed by atoms with Crippen LogP contribution in [-0.4, -0.2) is 33.5 Å². The fraction of sp³-hybridized carbons (Fsp3) is 1.00. The molecule has 1 rings (SSSR count). The number of unbranched alkanes of at least 4 members (excludes halogenated alkanes) is 8. The quantitative estimate of drug-likeness (QED) is 0.394. The van der Waals surface area contributed by atoms with E-state index < -0.39 is 18.2 Å². The molecule has 0 spiro atoms. The maximum Gasteiger partial charge on any atom is 0.247 e. The van der Waals surface area contributed by atoms with Crippen molar-refractivity contribution in [2.24, 2.45) is 0 Å². The molecule has 3 N–H and O–H groups in total. The molecule has 1 fully saturated rings. The molecule has 0 radical (unpaired) electrons. The largest absolute Gasteiger partial charge is 0.391 e. The predicted molar refractivity (Wildman–Crippen MR) is 69.9 cm³/mol. The minimum atomic E-state index is -1.70. The highest BCUT2D eigenvalue weighted by Gasteiger charge is 2.68. The Hall–Kier alpha value is -0.160. The van der Waals surface area contributed by atoms with Gasteiger partial charge >= 0.3 is 0 Å². The summed E-state index contributed by atoms with van der Waals surface area (Å²) in [6.07, 6.45) is 11.3. The van der Waals surface area contributed by atoms with Crippen molar-refractivity contribution in [3.05, 3.63) is 0 Å². The molecule has 0 aromatic rings. The second kappa shape index (κ2) is 7.43. The van der Waals surface area contributed by atoms with E-state index in [9.17, 15) is 10.2 Å². The van der Waals surface area contributed by atoms with E-state index in [1.165, 1.54) is 44.9 Å². The molecule has 1 aliphatic heterocycles. The average molecular weight is 260 g/mol. The van der Waals surface area contributed by atoms with Crippen molar-refractivity contribution < 1.29 is 20.1 Å². The predicted octanol–water partition coefficient (Wildman–Crippen LogP) is 2.31. The summed E-state index contributed by atoms with van der Waals surface area (Å²) in [5.41, 5.74) is 0. The normalized spacial score (nSPS) is 30.7. The van der Waals surface area contributed by atoms with Crippen LogP contribution in [0.2, 0.25) is 0 Å². The van der Waals surface area contributed by atoms with Gasteiger partial charge < -0.3 is 20.1 Å². The number of rotatable bonds is 11. The molecule has 0 saturated carbocycles. The SMILES string of the molecule is CCCCCCCCCCCC1(O)OC1(O)CO. The Bertz CT molecular complexity index is 234. The van der Waals surface area contributed by atoms with E-state index in [0.717, 1.165) is 12.8 Å². The van der Waals surface area contributed by atoms with Crippen molar-refractivity contribution >= 4 is 0 Å². The van der Waals surface area contributed by atoms with Crippen LogP contribution in [-0.2, 0) is 4.74 Å². The van der Waals surface area contributed by atoms with E-state index in [4.69, 9.17) is 9.84 Å². The van der Waals surface area contributed by atoms with Gasteiger partial charge in [-0.1, -0.05) is 58.3 Å². The lowest BCUT2D eigenvalue weighted by Crippen LogP contribution is -2.29. The first-order valence-electron chi connectivity index (χ1n) is 7.34. The van der Waals surface area contributed by atoms with Crippen LogP contribution in [0.4, 0.5) is 0 Å². The number of aliphatic hydroxyl groups is 3. The van der Waals surface area contributed by atoms with Crippen LogP contribution in [0.5, 0.6) is 0 Å². The first kappa shape index (κ1) is 15.9. The van der Waals surface area contributed by atoms with E-state index in [0.29, 0.717) is 6.42 Å². The molecule has 1 aliphatic rings. The summed E-state index contributed by atoms with van der Waals surface area (Å²) in [6.45, 7) is 1.68. The van der Waals surface area contributed by atoms with Gasteiger partial charge in [0.1, 0.15) is 6.61 Å². The Morgan fingerprint density at radius 3 is 1.72 bits per heavy atom. The first-order valence-corrected chi connectivity index (χ1v) is 7.34. The summed E-state index contributed by atoms with van der Waals surface area (Å²) in [5.74, 6) is -3.20. The third-order valence-electron chi connectivity index (χ3n) is 3.74. The van der Waals surface area contributed by atoms with Crippen LogP contribution in [0, 0.1) is 0 Å². The van der Waals surface area contributed by atoms with E-state index in [2.05, 4.69) is 6.92 Å². The van der Waals surface area contributed by atoms with Crippen molar-refractivity contribution in [3.8, 4) is 0 Å². The Kier molecular flexibility index (Phi) is 6.57. The highest BCUT2D eigenvalue weighted by molar-refractivity contribution is 4.99. The molecule has 0 bridgehead atoms. The molecule has 4 heteroatoms. The molecule has 4 nitrogen and oxygen atoms in total. The number of epoxide rings is 1. The van der Waals surface area contributed by atoms with Crippen LogP contribution in [0.15, 0.2) is 0 Å². The summed E-state index contributed by atoms with van der Waals surface area (Å²) in [5, 5.41) is 28.0. The van der Waals surface area contributed by atoms with E-state index in [-0.39, 0.29) is 0 Å². The third kappa shape index (κ3) is 4.50. The minimum Gasteiger partial charge on any atom is -0.391 e. The fourth-order valence-corrected chi connectivity index (χ4v) is 2.33. The van der Waals surface area contributed by atoms with Gasteiger partial charge in [0.05, 0.1) is 0 Å². The lowest BCUT2D eigenvalue weighted by atomic mass is 10.0. The maximum atomic E-state index is 9.72. The Balaban J connectivity index is 1.88. The summed E-state index contributed by atoms with van der Waals surface area (Å²) in [4.78, 5) is 0. The Labute approximate surface area is 110 Å². The zero-order valence-corrected chi connectivity index (χ0v) is 11.5. The smallest absolute Gasteiger partial charge is 0.247 e. The van der Waals surface area contributed by atoms with Crippen molar-refractivity contribution in [3.63, 3.8) is 0 Å². The molecule has 2 unspecified atom stereocenters. The number of hydrogen-bond donors (Lipinski definition) is 3. The third-order valence-corrected chi connectivity index (χ3v) is 3.74. The summed E-state index contributed by atoms with van der Waals surface area (Å²) in [7, 11) is 0. The number of aliphatic hydroxyl groups excluding tert-OH is 1. The van der Waals surface area contributed by atoms with Crippen LogP contribution >= 0.6 is 0 Å². The lowest BCUT2D eigenvalue weighted by Gasteiger charge is -2.08. The second-order valence-electron chi connectivity index (χ2n) is 5.41. The molecule has 108 valence electrons. The van der Waals surface area contributed by atoms with Gasteiger partial charge in [-0.2, -0.15) is 0 Å². The standard InChI is InChI=1S/C14H28O4/c1-2-3-4-5-6-7-8-9-10-11-13(16)14(17,12-15)18-13/h15-17H,2-12H2,1H3. The molecular weight excluding hydrogens is 232 g/mol. The Morgan fingerprint density at radius 2 is 1.28 bits per heavy atom. The van der Waals surface area contributed by atoms with E-state index in [1.54, 1.807) is 0 Å². The van der Waals surface area contributed by atoms with E-state index >= 15 is 0 Å². The van der Waals surface area contributed by atoms with Gasteiger partial charge in [-0.25, -0.2) is 0 Å². The van der Waals surface area contributed by atoms with Crippen LogP contribution in [0.1, 0.15) is 71.1 Å². The molecular formula is C14H28O4. The topological polar surface area (TPSA) is 73.2 Å². The molecule has 0 aliphatic carbocycles. The molecule has 1 heterocycles. The molecule has 18 heavy (non-hydrogen) atoms.